The first-order chi connectivity index (χ1) is 13.9. The van der Waals surface area contributed by atoms with Crippen molar-refractivity contribution in [1.82, 2.24) is 10.2 Å². The summed E-state index contributed by atoms with van der Waals surface area (Å²) in [6.07, 6.45) is 0.0299. The van der Waals surface area contributed by atoms with Crippen molar-refractivity contribution < 1.29 is 23.9 Å². The minimum atomic E-state index is -0.359. The summed E-state index contributed by atoms with van der Waals surface area (Å²) in [5.74, 6) is 0.241. The van der Waals surface area contributed by atoms with Gasteiger partial charge in [0, 0.05) is 13.0 Å². The molecule has 1 aliphatic heterocycles. The second-order valence-corrected chi connectivity index (χ2v) is 6.91. The minimum Gasteiger partial charge on any atom is -0.493 e. The van der Waals surface area contributed by atoms with Crippen molar-refractivity contribution in [3.05, 3.63) is 58.7 Å². The maximum Gasteiger partial charge on any atom is 0.261 e. The van der Waals surface area contributed by atoms with Crippen LogP contribution in [-0.2, 0) is 4.79 Å². The monoisotopic (exact) mass is 396 g/mol. The predicted octanol–water partition coefficient (Wildman–Crippen LogP) is 2.88. The second kappa shape index (κ2) is 8.34. The van der Waals surface area contributed by atoms with Crippen molar-refractivity contribution in [3.63, 3.8) is 0 Å². The summed E-state index contributed by atoms with van der Waals surface area (Å²) in [7, 11) is 3.13. The van der Waals surface area contributed by atoms with E-state index in [0.717, 1.165) is 16.0 Å². The van der Waals surface area contributed by atoms with Crippen LogP contribution in [0.4, 0.5) is 0 Å². The lowest BCUT2D eigenvalue weighted by Gasteiger charge is -2.20. The highest BCUT2D eigenvalue weighted by atomic mass is 16.5. The minimum absolute atomic E-state index is 0.0299. The lowest BCUT2D eigenvalue weighted by Crippen LogP contribution is -2.35. The van der Waals surface area contributed by atoms with Crippen LogP contribution in [-0.4, -0.2) is 43.4 Å². The highest BCUT2D eigenvalue weighted by Crippen LogP contribution is 2.33. The number of rotatable bonds is 7. The first-order valence-corrected chi connectivity index (χ1v) is 9.34. The molecule has 0 saturated heterocycles. The van der Waals surface area contributed by atoms with E-state index >= 15 is 0 Å². The van der Waals surface area contributed by atoms with Crippen molar-refractivity contribution in [2.45, 2.75) is 26.3 Å². The smallest absolute Gasteiger partial charge is 0.261 e. The average molecular weight is 396 g/mol. The molecule has 3 rings (SSSR count). The molecule has 0 saturated carbocycles. The van der Waals surface area contributed by atoms with Gasteiger partial charge >= 0.3 is 0 Å². The van der Waals surface area contributed by atoms with Gasteiger partial charge in [0.25, 0.3) is 11.8 Å². The molecule has 1 atom stereocenters. The van der Waals surface area contributed by atoms with Crippen LogP contribution in [0.15, 0.2) is 36.4 Å². The summed E-state index contributed by atoms with van der Waals surface area (Å²) in [5, 5.41) is 2.92. The number of nitrogens with one attached hydrogen (secondary N) is 1. The number of imide groups is 1. The molecule has 0 radical (unpaired) electrons. The Kier molecular flexibility index (Phi) is 5.87. The Bertz CT molecular complexity index is 935. The fourth-order valence-corrected chi connectivity index (χ4v) is 3.51. The number of methoxy groups -OCH3 is 2. The van der Waals surface area contributed by atoms with Crippen LogP contribution in [0.2, 0.25) is 0 Å². The van der Waals surface area contributed by atoms with Gasteiger partial charge in [-0.2, -0.15) is 0 Å². The Hall–Kier alpha value is -3.35. The molecule has 29 heavy (non-hydrogen) atoms. The van der Waals surface area contributed by atoms with Gasteiger partial charge in [-0.05, 0) is 49.2 Å². The van der Waals surface area contributed by atoms with Crippen LogP contribution in [0.3, 0.4) is 0 Å². The van der Waals surface area contributed by atoms with E-state index in [9.17, 15) is 14.4 Å². The highest BCUT2D eigenvalue weighted by molar-refractivity contribution is 6.21. The summed E-state index contributed by atoms with van der Waals surface area (Å²) in [6, 6.07) is 10.1. The number of hydrogen-bond acceptors (Lipinski definition) is 5. The molecule has 1 N–H and O–H groups in total. The SMILES string of the molecule is COc1cc(C)c(C(C)NC(=O)CCN2C(=O)c3ccccc3C2=O)cc1OC. The number of carbonyl (C=O) groups excluding carboxylic acids is 3. The normalized spacial score (nSPS) is 13.9. The van der Waals surface area contributed by atoms with Gasteiger partial charge in [0.1, 0.15) is 0 Å². The van der Waals surface area contributed by atoms with Crippen LogP contribution in [0.1, 0.15) is 51.2 Å². The maximum absolute atomic E-state index is 12.4. The zero-order valence-corrected chi connectivity index (χ0v) is 16.9. The summed E-state index contributed by atoms with van der Waals surface area (Å²) < 4.78 is 10.6. The van der Waals surface area contributed by atoms with E-state index in [0.29, 0.717) is 22.6 Å². The van der Waals surface area contributed by atoms with E-state index in [1.807, 2.05) is 26.0 Å². The second-order valence-electron chi connectivity index (χ2n) is 6.91. The number of benzene rings is 2. The summed E-state index contributed by atoms with van der Waals surface area (Å²) >= 11 is 0. The van der Waals surface area contributed by atoms with Crippen LogP contribution in [0, 0.1) is 6.92 Å². The molecule has 1 aliphatic rings. The molecule has 152 valence electrons. The lowest BCUT2D eigenvalue weighted by atomic mass is 10.0. The van der Waals surface area contributed by atoms with Gasteiger partial charge in [-0.1, -0.05) is 12.1 Å². The number of carbonyl (C=O) groups is 3. The van der Waals surface area contributed by atoms with E-state index in [1.165, 1.54) is 0 Å². The van der Waals surface area contributed by atoms with Gasteiger partial charge in [0.05, 0.1) is 31.4 Å². The van der Waals surface area contributed by atoms with Gasteiger partial charge in [-0.25, -0.2) is 0 Å². The molecular formula is C22H24N2O5. The fraction of sp³-hybridized carbons (Fsp3) is 0.318. The Balaban J connectivity index is 1.63. The number of fused-ring (bicyclic) bond motifs is 1. The summed E-state index contributed by atoms with van der Waals surface area (Å²) in [6.45, 7) is 3.84. The molecule has 0 spiro atoms. The number of aryl methyl sites for hydroxylation is 1. The Morgan fingerprint density at radius 3 is 2.14 bits per heavy atom. The largest absolute Gasteiger partial charge is 0.493 e. The van der Waals surface area contributed by atoms with E-state index in [1.54, 1.807) is 38.5 Å². The van der Waals surface area contributed by atoms with E-state index in [4.69, 9.17) is 9.47 Å². The Morgan fingerprint density at radius 2 is 1.59 bits per heavy atom. The molecule has 0 aromatic heterocycles. The maximum atomic E-state index is 12.4. The first kappa shape index (κ1) is 20.4. The molecule has 7 heteroatoms. The Morgan fingerprint density at radius 1 is 1.03 bits per heavy atom. The van der Waals surface area contributed by atoms with Crippen molar-refractivity contribution >= 4 is 17.7 Å². The van der Waals surface area contributed by atoms with Crippen LogP contribution >= 0.6 is 0 Å². The number of hydrogen-bond donors (Lipinski definition) is 1. The van der Waals surface area contributed by atoms with Crippen molar-refractivity contribution in [2.75, 3.05) is 20.8 Å². The molecule has 3 amide bonds. The first-order valence-electron chi connectivity index (χ1n) is 9.34. The molecule has 7 nitrogen and oxygen atoms in total. The lowest BCUT2D eigenvalue weighted by molar-refractivity contribution is -0.121. The molecular weight excluding hydrogens is 372 g/mol. The van der Waals surface area contributed by atoms with E-state index < -0.39 is 0 Å². The highest BCUT2D eigenvalue weighted by Gasteiger charge is 2.35. The molecule has 1 heterocycles. The zero-order chi connectivity index (χ0) is 21.1. The van der Waals surface area contributed by atoms with E-state index in [-0.39, 0.29) is 36.7 Å². The van der Waals surface area contributed by atoms with Crippen LogP contribution in [0.5, 0.6) is 11.5 Å². The van der Waals surface area contributed by atoms with Gasteiger partial charge in [-0.15, -0.1) is 0 Å². The van der Waals surface area contributed by atoms with Crippen molar-refractivity contribution in [2.24, 2.45) is 0 Å². The third-order valence-corrected chi connectivity index (χ3v) is 5.06. The van der Waals surface area contributed by atoms with E-state index in [2.05, 4.69) is 5.32 Å². The fourth-order valence-electron chi connectivity index (χ4n) is 3.51. The van der Waals surface area contributed by atoms with Gasteiger partial charge in [0.15, 0.2) is 11.5 Å². The van der Waals surface area contributed by atoms with Crippen molar-refractivity contribution in [1.29, 1.82) is 0 Å². The molecule has 0 bridgehead atoms. The molecule has 0 fully saturated rings. The average Bonchev–Trinajstić information content (AvgIpc) is 2.96. The Labute approximate surface area is 169 Å². The molecule has 1 unspecified atom stereocenters. The third kappa shape index (κ3) is 3.94. The molecule has 2 aromatic carbocycles. The van der Waals surface area contributed by atoms with Gasteiger partial charge in [-0.3, -0.25) is 19.3 Å². The van der Waals surface area contributed by atoms with Gasteiger partial charge in [0.2, 0.25) is 5.91 Å². The number of ether oxygens (including phenoxy) is 2. The molecule has 0 aliphatic carbocycles. The van der Waals surface area contributed by atoms with Crippen LogP contribution < -0.4 is 14.8 Å². The van der Waals surface area contributed by atoms with Crippen LogP contribution in [0.25, 0.3) is 0 Å². The number of amides is 3. The number of nitrogens with zero attached hydrogens (tertiary/aromatic N) is 1. The zero-order valence-electron chi connectivity index (χ0n) is 16.9. The molecule has 2 aromatic rings. The summed E-state index contributed by atoms with van der Waals surface area (Å²) in [4.78, 5) is 38.3. The third-order valence-electron chi connectivity index (χ3n) is 5.06. The van der Waals surface area contributed by atoms with Gasteiger partial charge < -0.3 is 14.8 Å². The van der Waals surface area contributed by atoms with Crippen molar-refractivity contribution in [3.8, 4) is 11.5 Å². The topological polar surface area (TPSA) is 84.9 Å². The standard InChI is InChI=1S/C22H24N2O5/c1-13-11-18(28-3)19(29-4)12-17(13)14(2)23-20(25)9-10-24-21(26)15-7-5-6-8-16(15)22(24)27/h5-8,11-12,14H,9-10H2,1-4H3,(H,23,25). The predicted molar refractivity (Wildman–Crippen MR) is 107 cm³/mol. The summed E-state index contributed by atoms with van der Waals surface area (Å²) in [5.41, 5.74) is 2.62. The quantitative estimate of drug-likeness (QED) is 0.728.